The highest BCUT2D eigenvalue weighted by Crippen LogP contribution is 2.29. The number of carbonyl (C=O) groups is 1. The van der Waals surface area contributed by atoms with Crippen LogP contribution in [0, 0.1) is 11.6 Å². The molecule has 0 atom stereocenters. The summed E-state index contributed by atoms with van der Waals surface area (Å²) in [5.41, 5.74) is -0.201. The quantitative estimate of drug-likeness (QED) is 0.530. The van der Waals surface area contributed by atoms with Gasteiger partial charge >= 0.3 is 6.18 Å². The van der Waals surface area contributed by atoms with Gasteiger partial charge in [0.15, 0.2) is 0 Å². The van der Waals surface area contributed by atoms with Gasteiger partial charge in [-0.1, -0.05) is 12.1 Å². The van der Waals surface area contributed by atoms with Gasteiger partial charge in [0.25, 0.3) is 5.91 Å². The van der Waals surface area contributed by atoms with Crippen molar-refractivity contribution in [2.45, 2.75) is 12.7 Å². The maximum atomic E-state index is 13.9. The van der Waals surface area contributed by atoms with E-state index in [1.54, 1.807) is 12.1 Å². The number of anilines is 2. The second-order valence-electron chi connectivity index (χ2n) is 7.94. The summed E-state index contributed by atoms with van der Waals surface area (Å²) in [4.78, 5) is 20.8. The molecule has 0 saturated carbocycles. The van der Waals surface area contributed by atoms with E-state index < -0.39 is 29.3 Å². The average Bonchev–Trinajstić information content (AvgIpc) is 2.81. The van der Waals surface area contributed by atoms with Gasteiger partial charge in [0, 0.05) is 49.9 Å². The lowest BCUT2D eigenvalue weighted by molar-refractivity contribution is -0.137. The minimum atomic E-state index is -4.53. The van der Waals surface area contributed by atoms with Crippen LogP contribution in [0.2, 0.25) is 0 Å². The summed E-state index contributed by atoms with van der Waals surface area (Å²) in [7, 11) is 0. The predicted molar refractivity (Wildman–Crippen MR) is 117 cm³/mol. The molecule has 5 nitrogen and oxygen atoms in total. The van der Waals surface area contributed by atoms with Crippen molar-refractivity contribution in [1.82, 2.24) is 9.88 Å². The molecule has 1 amide bonds. The number of pyridine rings is 1. The van der Waals surface area contributed by atoms with Crippen molar-refractivity contribution in [3.05, 3.63) is 89.1 Å². The number of amides is 1. The highest BCUT2D eigenvalue weighted by atomic mass is 19.4. The van der Waals surface area contributed by atoms with Gasteiger partial charge in [-0.05, 0) is 36.4 Å². The Morgan fingerprint density at radius 3 is 2.38 bits per heavy atom. The molecule has 1 aliphatic heterocycles. The van der Waals surface area contributed by atoms with Crippen LogP contribution in [0.5, 0.6) is 0 Å². The number of hydrogen-bond acceptors (Lipinski definition) is 4. The van der Waals surface area contributed by atoms with Crippen molar-refractivity contribution in [2.75, 3.05) is 36.4 Å². The molecule has 2 heterocycles. The van der Waals surface area contributed by atoms with E-state index in [2.05, 4.69) is 15.2 Å². The Morgan fingerprint density at radius 2 is 1.74 bits per heavy atom. The molecule has 1 fully saturated rings. The van der Waals surface area contributed by atoms with Gasteiger partial charge in [0.2, 0.25) is 0 Å². The monoisotopic (exact) mass is 476 g/mol. The van der Waals surface area contributed by atoms with E-state index >= 15 is 0 Å². The first-order valence-electron chi connectivity index (χ1n) is 10.5. The summed E-state index contributed by atoms with van der Waals surface area (Å²) < 4.78 is 65.6. The van der Waals surface area contributed by atoms with Crippen molar-refractivity contribution in [2.24, 2.45) is 0 Å². The number of hydrogen-bond donors (Lipinski definition) is 1. The molecule has 178 valence electrons. The largest absolute Gasteiger partial charge is 0.416 e. The molecule has 0 aliphatic carbocycles. The lowest BCUT2D eigenvalue weighted by Crippen LogP contribution is -2.46. The predicted octanol–water partition coefficient (Wildman–Crippen LogP) is 4.95. The summed E-state index contributed by atoms with van der Waals surface area (Å²) in [6, 6.07) is 11.1. The second-order valence-corrected chi connectivity index (χ2v) is 7.94. The molecular weight excluding hydrogens is 455 g/mol. The Hall–Kier alpha value is -3.53. The number of alkyl halides is 3. The fourth-order valence-electron chi connectivity index (χ4n) is 3.71. The molecule has 2 aromatic carbocycles. The second kappa shape index (κ2) is 9.76. The van der Waals surface area contributed by atoms with Crippen LogP contribution in [0.1, 0.15) is 21.5 Å². The fraction of sp³-hybridized carbons (Fsp3) is 0.250. The van der Waals surface area contributed by atoms with Crippen molar-refractivity contribution in [1.29, 1.82) is 0 Å². The van der Waals surface area contributed by atoms with Crippen molar-refractivity contribution in [3.63, 3.8) is 0 Å². The molecule has 34 heavy (non-hydrogen) atoms. The first-order valence-corrected chi connectivity index (χ1v) is 10.5. The smallest absolute Gasteiger partial charge is 0.354 e. The van der Waals surface area contributed by atoms with Gasteiger partial charge in [-0.15, -0.1) is 0 Å². The van der Waals surface area contributed by atoms with Crippen LogP contribution < -0.4 is 10.2 Å². The van der Waals surface area contributed by atoms with E-state index in [0.717, 1.165) is 18.2 Å². The summed E-state index contributed by atoms with van der Waals surface area (Å²) >= 11 is 0. The number of halogens is 5. The number of piperazine rings is 1. The van der Waals surface area contributed by atoms with Gasteiger partial charge in [-0.2, -0.15) is 13.2 Å². The first kappa shape index (κ1) is 23.6. The Morgan fingerprint density at radius 1 is 0.971 bits per heavy atom. The van der Waals surface area contributed by atoms with E-state index in [1.807, 2.05) is 4.90 Å². The number of rotatable bonds is 5. The minimum absolute atomic E-state index is 0.104. The topological polar surface area (TPSA) is 48.5 Å². The highest BCUT2D eigenvalue weighted by Gasteiger charge is 2.31. The molecule has 0 unspecified atom stereocenters. The molecular formula is C24H21F5N4O. The molecule has 0 radical (unpaired) electrons. The third-order valence-electron chi connectivity index (χ3n) is 5.56. The van der Waals surface area contributed by atoms with Gasteiger partial charge in [0.05, 0.1) is 17.4 Å². The number of nitrogens with zero attached hydrogens (tertiary/aromatic N) is 3. The lowest BCUT2D eigenvalue weighted by atomic mass is 10.1. The molecule has 10 heteroatoms. The molecule has 1 aromatic heterocycles. The summed E-state index contributed by atoms with van der Waals surface area (Å²) in [5.74, 6) is -1.15. The third kappa shape index (κ3) is 5.69. The standard InChI is InChI=1S/C24H21F5N4O/c25-19-5-4-17(21(26)13-19)15-32-8-10-33(11-9-32)22-7-6-20(14-30-22)31-23(34)16-2-1-3-18(12-16)24(27,28)29/h1-7,12-14H,8-11,15H2,(H,31,34). The Balaban J connectivity index is 1.32. The van der Waals surface area contributed by atoms with Gasteiger partial charge in [-0.3, -0.25) is 9.69 Å². The summed E-state index contributed by atoms with van der Waals surface area (Å²) in [5, 5.41) is 2.55. The maximum Gasteiger partial charge on any atom is 0.416 e. The van der Waals surface area contributed by atoms with Crippen LogP contribution in [0.25, 0.3) is 0 Å². The summed E-state index contributed by atoms with van der Waals surface area (Å²) in [6.07, 6.45) is -3.09. The van der Waals surface area contributed by atoms with Crippen LogP contribution in [0.4, 0.5) is 33.5 Å². The number of carbonyl (C=O) groups excluding carboxylic acids is 1. The number of nitrogens with one attached hydrogen (secondary N) is 1. The van der Waals surface area contributed by atoms with Crippen molar-refractivity contribution < 1.29 is 26.7 Å². The Kier molecular flexibility index (Phi) is 6.78. The molecule has 1 saturated heterocycles. The van der Waals surface area contributed by atoms with Gasteiger partial charge in [0.1, 0.15) is 17.5 Å². The van der Waals surface area contributed by atoms with E-state index in [-0.39, 0.29) is 5.56 Å². The van der Waals surface area contributed by atoms with Gasteiger partial charge in [-0.25, -0.2) is 13.8 Å². The van der Waals surface area contributed by atoms with E-state index in [4.69, 9.17) is 0 Å². The van der Waals surface area contributed by atoms with Crippen LogP contribution in [0.3, 0.4) is 0 Å². The minimum Gasteiger partial charge on any atom is -0.354 e. The molecule has 4 rings (SSSR count). The zero-order valence-corrected chi connectivity index (χ0v) is 17.9. The van der Waals surface area contributed by atoms with Crippen LogP contribution in [-0.4, -0.2) is 42.0 Å². The first-order chi connectivity index (χ1) is 16.2. The fourth-order valence-corrected chi connectivity index (χ4v) is 3.71. The third-order valence-corrected chi connectivity index (χ3v) is 5.56. The molecule has 1 N–H and O–H groups in total. The van der Waals surface area contributed by atoms with E-state index in [9.17, 15) is 26.7 Å². The van der Waals surface area contributed by atoms with Crippen LogP contribution >= 0.6 is 0 Å². The van der Waals surface area contributed by atoms with Crippen molar-refractivity contribution >= 4 is 17.4 Å². The summed E-state index contributed by atoms with van der Waals surface area (Å²) in [6.45, 7) is 2.99. The normalized spacial score (nSPS) is 14.8. The maximum absolute atomic E-state index is 13.9. The Labute approximate surface area is 192 Å². The number of aromatic nitrogens is 1. The molecule has 0 spiro atoms. The van der Waals surface area contributed by atoms with E-state index in [0.29, 0.717) is 49.8 Å². The molecule has 3 aromatic rings. The average molecular weight is 476 g/mol. The SMILES string of the molecule is O=C(Nc1ccc(N2CCN(Cc3ccc(F)cc3F)CC2)nc1)c1cccc(C(F)(F)F)c1. The van der Waals surface area contributed by atoms with Crippen LogP contribution in [-0.2, 0) is 12.7 Å². The molecule has 1 aliphatic rings. The lowest BCUT2D eigenvalue weighted by Gasteiger charge is -2.35. The number of benzene rings is 2. The zero-order valence-electron chi connectivity index (χ0n) is 17.9. The van der Waals surface area contributed by atoms with Crippen LogP contribution in [0.15, 0.2) is 60.8 Å². The zero-order chi connectivity index (χ0) is 24.3. The van der Waals surface area contributed by atoms with E-state index in [1.165, 1.54) is 30.5 Å². The molecule has 0 bridgehead atoms. The Bertz CT molecular complexity index is 1160. The van der Waals surface area contributed by atoms with Crippen molar-refractivity contribution in [3.8, 4) is 0 Å². The highest BCUT2D eigenvalue weighted by molar-refractivity contribution is 6.04. The van der Waals surface area contributed by atoms with Gasteiger partial charge < -0.3 is 10.2 Å².